The second kappa shape index (κ2) is 13.2. The van der Waals surface area contributed by atoms with E-state index in [0.717, 1.165) is 59.8 Å². The second-order valence-corrected chi connectivity index (χ2v) is 14.6. The molecule has 1 N–H and O–H groups in total. The molecular formula is C35H51F3N2O3S. The van der Waals surface area contributed by atoms with Gasteiger partial charge in [0.15, 0.2) is 0 Å². The first-order valence-electron chi connectivity index (χ1n) is 16.1. The third-order valence-electron chi connectivity index (χ3n) is 10.1. The minimum absolute atomic E-state index is 0.00992. The van der Waals surface area contributed by atoms with Crippen molar-refractivity contribution >= 4 is 12.6 Å². The number of hydrogen-bond acceptors (Lipinski definition) is 6. The van der Waals surface area contributed by atoms with Crippen LogP contribution in [0.1, 0.15) is 144 Å². The van der Waals surface area contributed by atoms with E-state index < -0.39 is 29.7 Å². The molecule has 4 unspecified atom stereocenters. The molecule has 2 aromatic heterocycles. The van der Waals surface area contributed by atoms with Crippen LogP contribution in [0.5, 0.6) is 0 Å². The minimum atomic E-state index is -4.51. The molecule has 0 radical (unpaired) electrons. The van der Waals surface area contributed by atoms with Gasteiger partial charge in [-0.05, 0) is 60.3 Å². The standard InChI is InChI=1S/C28H33F3N2O3.C6H14.CH4S/c1-15(2)24-22-23(21-18(33-24)11-26(7-4-8-26)12-19(21)34)27(9-10-35-14-16(27)3)36-25(22)17-5-6-20(32-13-17)28(29,30)31;1-5-6(2,3)4;1-2/h5-6,13,15-16,19,25,34H,4,7-12,14H2,1-3H3;5H2,1-4H3;2H,1H3. The molecule has 1 saturated heterocycles. The molecule has 5 nitrogen and oxygen atoms in total. The highest BCUT2D eigenvalue weighted by molar-refractivity contribution is 7.79. The van der Waals surface area contributed by atoms with E-state index in [1.807, 2.05) is 0 Å². The Balaban J connectivity index is 0.000000496. The number of aromatic nitrogens is 2. The smallest absolute Gasteiger partial charge is 0.388 e. The monoisotopic (exact) mass is 636 g/mol. The number of thiol groups is 1. The first-order chi connectivity index (χ1) is 20.6. The molecule has 2 fully saturated rings. The lowest BCUT2D eigenvalue weighted by Gasteiger charge is -2.48. The van der Waals surface area contributed by atoms with Crippen LogP contribution < -0.4 is 0 Å². The van der Waals surface area contributed by atoms with Gasteiger partial charge in [0.05, 0.1) is 12.7 Å². The summed E-state index contributed by atoms with van der Waals surface area (Å²) in [7, 11) is 0. The first-order valence-corrected chi connectivity index (χ1v) is 17.0. The van der Waals surface area contributed by atoms with Gasteiger partial charge < -0.3 is 14.6 Å². The SMILES string of the molecule is CC(C)c1nc2c(c3c1C(c1ccc(C(F)(F)F)nc1)OC31CCOCC1C)C(O)CC1(CCC1)C2.CCC(C)(C)C.CS. The summed E-state index contributed by atoms with van der Waals surface area (Å²) in [5.41, 5.74) is 4.33. The lowest BCUT2D eigenvalue weighted by atomic mass is 9.58. The van der Waals surface area contributed by atoms with Crippen LogP contribution in [0.15, 0.2) is 18.3 Å². The van der Waals surface area contributed by atoms with Crippen molar-refractivity contribution in [1.29, 1.82) is 0 Å². The van der Waals surface area contributed by atoms with Crippen LogP contribution in [0, 0.1) is 16.7 Å². The van der Waals surface area contributed by atoms with E-state index in [4.69, 9.17) is 14.5 Å². The molecule has 2 aliphatic carbocycles. The van der Waals surface area contributed by atoms with E-state index in [1.165, 1.54) is 25.1 Å². The maximum Gasteiger partial charge on any atom is 0.433 e. The molecule has 2 aliphatic heterocycles. The van der Waals surface area contributed by atoms with Crippen LogP contribution in [0.25, 0.3) is 0 Å². The predicted octanol–water partition coefficient (Wildman–Crippen LogP) is 9.13. The molecule has 4 heterocycles. The van der Waals surface area contributed by atoms with Crippen LogP contribution >= 0.6 is 12.6 Å². The lowest BCUT2D eigenvalue weighted by Crippen LogP contribution is -2.44. The predicted molar refractivity (Wildman–Crippen MR) is 171 cm³/mol. The Labute approximate surface area is 267 Å². The summed E-state index contributed by atoms with van der Waals surface area (Å²) in [5, 5.41) is 11.6. The molecule has 2 aromatic rings. The zero-order valence-electron chi connectivity index (χ0n) is 27.6. The van der Waals surface area contributed by atoms with Crippen molar-refractivity contribution in [2.75, 3.05) is 19.5 Å². The van der Waals surface area contributed by atoms with Gasteiger partial charge in [0.25, 0.3) is 0 Å². The summed E-state index contributed by atoms with van der Waals surface area (Å²) in [4.78, 5) is 8.91. The van der Waals surface area contributed by atoms with E-state index in [-0.39, 0.29) is 17.3 Å². The topological polar surface area (TPSA) is 64.5 Å². The van der Waals surface area contributed by atoms with Crippen molar-refractivity contribution in [2.24, 2.45) is 16.7 Å². The largest absolute Gasteiger partial charge is 0.433 e. The quantitative estimate of drug-likeness (QED) is 0.322. The van der Waals surface area contributed by atoms with Crippen molar-refractivity contribution in [2.45, 2.75) is 123 Å². The van der Waals surface area contributed by atoms with E-state index >= 15 is 0 Å². The summed E-state index contributed by atoms with van der Waals surface area (Å²) >= 11 is 3.53. The molecule has 0 aromatic carbocycles. The highest BCUT2D eigenvalue weighted by Gasteiger charge is 2.56. The van der Waals surface area contributed by atoms with Crippen molar-refractivity contribution in [3.05, 3.63) is 57.7 Å². The van der Waals surface area contributed by atoms with Crippen molar-refractivity contribution in [3.8, 4) is 0 Å². The molecule has 246 valence electrons. The Morgan fingerprint density at radius 2 is 1.75 bits per heavy atom. The van der Waals surface area contributed by atoms with Gasteiger partial charge in [0, 0.05) is 53.2 Å². The Kier molecular flexibility index (Phi) is 10.6. The number of ether oxygens (including phenoxy) is 2. The Morgan fingerprint density at radius 1 is 1.09 bits per heavy atom. The Morgan fingerprint density at radius 3 is 2.23 bits per heavy atom. The maximum absolute atomic E-state index is 13.2. The number of rotatable bonds is 2. The van der Waals surface area contributed by atoms with Gasteiger partial charge in [0.2, 0.25) is 0 Å². The van der Waals surface area contributed by atoms with E-state index in [9.17, 15) is 18.3 Å². The number of fused-ring (bicyclic) bond motifs is 4. The van der Waals surface area contributed by atoms with Gasteiger partial charge in [0.1, 0.15) is 17.4 Å². The molecule has 4 atom stereocenters. The summed E-state index contributed by atoms with van der Waals surface area (Å²) in [5.74, 6) is 0.0926. The molecule has 2 spiro atoms. The fourth-order valence-electron chi connectivity index (χ4n) is 7.04. The van der Waals surface area contributed by atoms with Crippen molar-refractivity contribution in [3.63, 3.8) is 0 Å². The summed E-state index contributed by atoms with van der Waals surface area (Å²) in [6.07, 6.45) is 4.14. The molecule has 4 aliphatic rings. The van der Waals surface area contributed by atoms with Gasteiger partial charge in [-0.25, -0.2) is 0 Å². The maximum atomic E-state index is 13.2. The minimum Gasteiger partial charge on any atom is -0.388 e. The molecular weight excluding hydrogens is 585 g/mol. The van der Waals surface area contributed by atoms with E-state index in [2.05, 4.69) is 66.1 Å². The molecule has 44 heavy (non-hydrogen) atoms. The molecule has 0 bridgehead atoms. The average molecular weight is 637 g/mol. The van der Waals surface area contributed by atoms with Crippen LogP contribution in [0.2, 0.25) is 0 Å². The average Bonchev–Trinajstić information content (AvgIpc) is 3.29. The normalized spacial score (nSPS) is 27.1. The van der Waals surface area contributed by atoms with Gasteiger partial charge >= 0.3 is 6.18 Å². The highest BCUT2D eigenvalue weighted by atomic mass is 32.1. The van der Waals surface area contributed by atoms with Crippen LogP contribution in [-0.4, -0.2) is 34.5 Å². The zero-order valence-corrected chi connectivity index (χ0v) is 28.5. The summed E-state index contributed by atoms with van der Waals surface area (Å²) in [6.45, 7) is 16.3. The van der Waals surface area contributed by atoms with Crippen LogP contribution in [0.3, 0.4) is 0 Å². The van der Waals surface area contributed by atoms with Gasteiger partial charge in [-0.2, -0.15) is 25.8 Å². The Bertz CT molecular complexity index is 1290. The van der Waals surface area contributed by atoms with Gasteiger partial charge in [-0.3, -0.25) is 9.97 Å². The first kappa shape index (κ1) is 35.2. The van der Waals surface area contributed by atoms with E-state index in [1.54, 1.807) is 6.26 Å². The summed E-state index contributed by atoms with van der Waals surface area (Å²) < 4.78 is 52.4. The van der Waals surface area contributed by atoms with E-state index in [0.29, 0.717) is 30.6 Å². The lowest BCUT2D eigenvalue weighted by molar-refractivity contribution is -0.157. The number of halogens is 3. The van der Waals surface area contributed by atoms with Gasteiger partial charge in [-0.15, -0.1) is 0 Å². The van der Waals surface area contributed by atoms with Crippen molar-refractivity contribution in [1.82, 2.24) is 9.97 Å². The van der Waals surface area contributed by atoms with Crippen molar-refractivity contribution < 1.29 is 27.8 Å². The number of alkyl halides is 3. The fraction of sp³-hybridized carbons (Fsp3) is 0.714. The summed E-state index contributed by atoms with van der Waals surface area (Å²) in [6, 6.07) is 2.49. The number of nitrogens with zero attached hydrogens (tertiary/aromatic N) is 2. The third kappa shape index (κ3) is 6.72. The van der Waals surface area contributed by atoms with Crippen LogP contribution in [0.4, 0.5) is 13.2 Å². The zero-order chi connectivity index (χ0) is 32.7. The second-order valence-electron chi connectivity index (χ2n) is 14.6. The van der Waals surface area contributed by atoms with Gasteiger partial charge in [-0.1, -0.05) is 67.4 Å². The molecule has 9 heteroatoms. The number of aliphatic hydroxyl groups is 1. The number of pyridine rings is 2. The molecule has 1 saturated carbocycles. The molecule has 0 amide bonds. The highest BCUT2D eigenvalue weighted by Crippen LogP contribution is 2.61. The Hall–Kier alpha value is -1.68. The van der Waals surface area contributed by atoms with Crippen LogP contribution in [-0.2, 0) is 27.7 Å². The number of hydrogen-bond donors (Lipinski definition) is 2. The fourth-order valence-corrected chi connectivity index (χ4v) is 7.04. The number of aliphatic hydroxyl groups excluding tert-OH is 1. The molecule has 6 rings (SSSR count). The third-order valence-corrected chi connectivity index (χ3v) is 10.1.